The number of hydrogen-bond acceptors (Lipinski definition) is 3. The lowest BCUT2D eigenvalue weighted by molar-refractivity contribution is -0.129. The van der Waals surface area contributed by atoms with E-state index in [0.717, 1.165) is 51.5 Å². The van der Waals surface area contributed by atoms with E-state index in [1.54, 1.807) is 0 Å². The molecule has 4 fully saturated rings. The molecule has 9 unspecified atom stereocenters. The van der Waals surface area contributed by atoms with Crippen molar-refractivity contribution in [2.45, 2.75) is 103 Å². The van der Waals surface area contributed by atoms with Crippen molar-refractivity contribution in [3.8, 4) is 0 Å². The van der Waals surface area contributed by atoms with E-state index >= 15 is 0 Å². The van der Waals surface area contributed by atoms with Gasteiger partial charge in [0, 0.05) is 50.5 Å². The molecule has 1 aromatic rings. The van der Waals surface area contributed by atoms with Crippen molar-refractivity contribution in [2.24, 2.45) is 48.5 Å². The van der Waals surface area contributed by atoms with Crippen LogP contribution in [0.15, 0.2) is 12.4 Å². The standard InChI is InChI=1S/C29H47F2N5O/c1-17-10-21(6-7-25(17)31)27(20-4-5-20)34-28(37)23-13-19(16-36-9-8-35(3)29(36)32)12-22(14-23)26-18(2)11-24(30)15-33-26/h8-9,17-27,32-33H,4-7,10-16H2,1-3H3,(H,34,37)/t17?,18?,19?,21?,22?,23?,24?,25?,26?,27-/m0/s1. The molecule has 4 aliphatic rings. The first-order valence-electron chi connectivity index (χ1n) is 14.8. The predicted octanol–water partition coefficient (Wildman–Crippen LogP) is 4.34. The second-order valence-electron chi connectivity index (χ2n) is 13.1. The predicted molar refractivity (Wildman–Crippen MR) is 140 cm³/mol. The Bertz CT molecular complexity index is 989. The number of rotatable bonds is 7. The van der Waals surface area contributed by atoms with Gasteiger partial charge in [0.25, 0.3) is 0 Å². The summed E-state index contributed by atoms with van der Waals surface area (Å²) in [6, 6.07) is 0.393. The Labute approximate surface area is 220 Å². The zero-order valence-electron chi connectivity index (χ0n) is 22.8. The molecule has 0 bridgehead atoms. The zero-order chi connectivity index (χ0) is 26.3. The molecule has 0 radical (unpaired) electrons. The van der Waals surface area contributed by atoms with Crippen molar-refractivity contribution in [3.63, 3.8) is 0 Å². The maximum atomic E-state index is 14.2. The highest BCUT2D eigenvalue weighted by Crippen LogP contribution is 2.44. The first-order chi connectivity index (χ1) is 17.7. The molecular weight excluding hydrogens is 472 g/mol. The summed E-state index contributed by atoms with van der Waals surface area (Å²) in [5.41, 5.74) is 0.471. The summed E-state index contributed by atoms with van der Waals surface area (Å²) in [5, 5.41) is 15.4. The molecule has 1 aromatic heterocycles. The fourth-order valence-corrected chi connectivity index (χ4v) is 7.91. The molecule has 3 aliphatic carbocycles. The van der Waals surface area contributed by atoms with Crippen LogP contribution in [0.5, 0.6) is 0 Å². The molecule has 3 N–H and O–H groups in total. The van der Waals surface area contributed by atoms with Crippen LogP contribution in [0, 0.1) is 46.8 Å². The largest absolute Gasteiger partial charge is 0.353 e. The maximum absolute atomic E-state index is 14.2. The molecule has 3 saturated carbocycles. The Morgan fingerprint density at radius 3 is 2.46 bits per heavy atom. The van der Waals surface area contributed by atoms with Gasteiger partial charge in [0.2, 0.25) is 11.5 Å². The minimum atomic E-state index is -0.795. The van der Waals surface area contributed by atoms with Crippen molar-refractivity contribution in [1.82, 2.24) is 19.8 Å². The van der Waals surface area contributed by atoms with E-state index in [1.807, 2.05) is 35.5 Å². The van der Waals surface area contributed by atoms with Crippen LogP contribution in [0.3, 0.4) is 0 Å². The third kappa shape index (κ3) is 6.15. The minimum Gasteiger partial charge on any atom is -0.353 e. The van der Waals surface area contributed by atoms with Gasteiger partial charge >= 0.3 is 0 Å². The molecule has 0 spiro atoms. The second-order valence-corrected chi connectivity index (χ2v) is 13.1. The summed E-state index contributed by atoms with van der Waals surface area (Å²) in [6.07, 6.45) is 10.3. The van der Waals surface area contributed by atoms with Gasteiger partial charge < -0.3 is 19.8 Å². The van der Waals surface area contributed by atoms with Crippen LogP contribution >= 0.6 is 0 Å². The molecule has 37 heavy (non-hydrogen) atoms. The quantitative estimate of drug-likeness (QED) is 0.501. The van der Waals surface area contributed by atoms with Crippen LogP contribution in [0.1, 0.15) is 71.6 Å². The fourth-order valence-electron chi connectivity index (χ4n) is 7.91. The third-order valence-electron chi connectivity index (χ3n) is 10.1. The maximum Gasteiger partial charge on any atom is 0.223 e. The zero-order valence-corrected chi connectivity index (χ0v) is 22.8. The lowest BCUT2D eigenvalue weighted by Gasteiger charge is -2.44. The highest BCUT2D eigenvalue weighted by molar-refractivity contribution is 5.79. The van der Waals surface area contributed by atoms with E-state index < -0.39 is 12.3 Å². The van der Waals surface area contributed by atoms with E-state index in [2.05, 4.69) is 17.6 Å². The Morgan fingerprint density at radius 2 is 1.81 bits per heavy atom. The monoisotopic (exact) mass is 519 g/mol. The van der Waals surface area contributed by atoms with E-state index in [-0.39, 0.29) is 35.7 Å². The molecule has 10 atom stereocenters. The molecular formula is C29H47F2N5O. The molecule has 6 nitrogen and oxygen atoms in total. The molecule has 5 rings (SSSR count). The van der Waals surface area contributed by atoms with Crippen molar-refractivity contribution < 1.29 is 13.6 Å². The van der Waals surface area contributed by atoms with Crippen molar-refractivity contribution in [3.05, 3.63) is 18.0 Å². The first-order valence-corrected chi connectivity index (χ1v) is 14.8. The number of alkyl halides is 2. The number of imidazole rings is 1. The summed E-state index contributed by atoms with van der Waals surface area (Å²) in [6.45, 7) is 5.29. The van der Waals surface area contributed by atoms with E-state index in [4.69, 9.17) is 5.41 Å². The molecule has 208 valence electrons. The summed E-state index contributed by atoms with van der Waals surface area (Å²) in [4.78, 5) is 13.8. The van der Waals surface area contributed by atoms with Gasteiger partial charge in [-0.3, -0.25) is 10.2 Å². The van der Waals surface area contributed by atoms with Crippen LogP contribution < -0.4 is 16.3 Å². The number of hydrogen-bond donors (Lipinski definition) is 3. The molecule has 8 heteroatoms. The van der Waals surface area contributed by atoms with E-state index in [0.29, 0.717) is 48.7 Å². The molecule has 1 amide bonds. The summed E-state index contributed by atoms with van der Waals surface area (Å²) < 4.78 is 32.0. The average Bonchev–Trinajstić information content (AvgIpc) is 3.66. The Balaban J connectivity index is 1.31. The third-order valence-corrected chi connectivity index (χ3v) is 10.1. The van der Waals surface area contributed by atoms with Crippen molar-refractivity contribution in [2.75, 3.05) is 6.54 Å². The van der Waals surface area contributed by atoms with Gasteiger partial charge in [0.1, 0.15) is 12.3 Å². The summed E-state index contributed by atoms with van der Waals surface area (Å²) >= 11 is 0. The molecule has 0 aromatic carbocycles. The Hall–Kier alpha value is -1.70. The van der Waals surface area contributed by atoms with Gasteiger partial charge in [-0.05, 0) is 93.3 Å². The number of nitrogens with zero attached hydrogens (tertiary/aromatic N) is 2. The number of nitrogens with one attached hydrogen (secondary N) is 3. The van der Waals surface area contributed by atoms with E-state index in [9.17, 15) is 13.6 Å². The van der Waals surface area contributed by atoms with E-state index in [1.165, 1.54) is 0 Å². The average molecular weight is 520 g/mol. The highest BCUT2D eigenvalue weighted by Gasteiger charge is 2.44. The number of carbonyl (C=O) groups is 1. The lowest BCUT2D eigenvalue weighted by Crippen LogP contribution is -2.53. The number of piperidine rings is 1. The highest BCUT2D eigenvalue weighted by atomic mass is 19.1. The Kier molecular flexibility index (Phi) is 8.13. The van der Waals surface area contributed by atoms with Crippen molar-refractivity contribution >= 4 is 5.91 Å². The lowest BCUT2D eigenvalue weighted by atomic mass is 9.68. The van der Waals surface area contributed by atoms with Gasteiger partial charge in [-0.25, -0.2) is 8.78 Å². The Morgan fingerprint density at radius 1 is 1.05 bits per heavy atom. The number of halogens is 2. The summed E-state index contributed by atoms with van der Waals surface area (Å²) in [5.74, 6) is 1.93. The van der Waals surface area contributed by atoms with Gasteiger partial charge in [0.05, 0.1) is 0 Å². The molecule has 2 heterocycles. The van der Waals surface area contributed by atoms with Crippen LogP contribution in [0.25, 0.3) is 0 Å². The van der Waals surface area contributed by atoms with Gasteiger partial charge in [-0.15, -0.1) is 0 Å². The molecule has 1 saturated heterocycles. The molecule has 1 aliphatic heterocycles. The number of aromatic nitrogens is 2. The van der Waals surface area contributed by atoms with Gasteiger partial charge in [-0.2, -0.15) is 0 Å². The van der Waals surface area contributed by atoms with Gasteiger partial charge in [0.15, 0.2) is 0 Å². The van der Waals surface area contributed by atoms with Crippen LogP contribution in [-0.2, 0) is 18.4 Å². The number of amides is 1. The smallest absolute Gasteiger partial charge is 0.223 e. The van der Waals surface area contributed by atoms with Crippen LogP contribution in [-0.4, -0.2) is 46.0 Å². The van der Waals surface area contributed by atoms with Crippen LogP contribution in [0.2, 0.25) is 0 Å². The normalized spacial score (nSPS) is 39.8. The van der Waals surface area contributed by atoms with Crippen molar-refractivity contribution in [1.29, 1.82) is 5.41 Å². The topological polar surface area (TPSA) is 74.8 Å². The number of aryl methyl sites for hydroxylation is 1. The minimum absolute atomic E-state index is 0.0699. The van der Waals surface area contributed by atoms with Gasteiger partial charge in [-0.1, -0.05) is 13.8 Å². The second kappa shape index (κ2) is 11.2. The first kappa shape index (κ1) is 26.9. The van der Waals surface area contributed by atoms with Crippen LogP contribution in [0.4, 0.5) is 8.78 Å². The number of carbonyl (C=O) groups excluding carboxylic acids is 1. The summed E-state index contributed by atoms with van der Waals surface area (Å²) in [7, 11) is 1.88. The fraction of sp³-hybridized carbons (Fsp3) is 0.862. The SMILES string of the molecule is CC1CC([C@@H](NC(=O)C2CC(Cn3ccn(C)c3=N)CC(C3NCC(F)CC3C)C2)C2CC2)CCC1F.